The van der Waals surface area contributed by atoms with Crippen LogP contribution in [0, 0.1) is 5.92 Å². The van der Waals surface area contributed by atoms with Crippen molar-refractivity contribution in [3.05, 3.63) is 23.8 Å². The summed E-state index contributed by atoms with van der Waals surface area (Å²) in [6.45, 7) is 3.94. The molecule has 0 unspecified atom stereocenters. The zero-order valence-corrected chi connectivity index (χ0v) is 11.5. The van der Waals surface area contributed by atoms with Crippen molar-refractivity contribution < 1.29 is 14.3 Å². The van der Waals surface area contributed by atoms with Crippen LogP contribution in [0.1, 0.15) is 37.0 Å². The maximum atomic E-state index is 11.9. The van der Waals surface area contributed by atoms with Gasteiger partial charge in [0, 0.05) is 5.92 Å². The summed E-state index contributed by atoms with van der Waals surface area (Å²) in [4.78, 5) is 23.3. The molecule has 0 fully saturated rings. The third-order valence-corrected chi connectivity index (χ3v) is 3.09. The second-order valence-corrected chi connectivity index (χ2v) is 4.30. The van der Waals surface area contributed by atoms with Crippen molar-refractivity contribution in [2.45, 2.75) is 26.7 Å². The van der Waals surface area contributed by atoms with Crippen LogP contribution >= 0.6 is 0 Å². The second kappa shape index (κ2) is 6.78. The molecule has 1 rings (SSSR count). The molecule has 1 aromatic carbocycles. The highest BCUT2D eigenvalue weighted by Gasteiger charge is 2.16. The average molecular weight is 264 g/mol. The number of rotatable bonds is 5. The summed E-state index contributed by atoms with van der Waals surface area (Å²) in [5.41, 5.74) is 7.05. The van der Waals surface area contributed by atoms with E-state index in [1.165, 1.54) is 13.2 Å². The average Bonchev–Trinajstić information content (AvgIpc) is 2.41. The van der Waals surface area contributed by atoms with Crippen LogP contribution in [0.3, 0.4) is 0 Å². The molecule has 0 aromatic heterocycles. The van der Waals surface area contributed by atoms with Crippen molar-refractivity contribution in [1.82, 2.24) is 0 Å². The number of carbonyl (C=O) groups is 2. The maximum Gasteiger partial charge on any atom is 0.337 e. The van der Waals surface area contributed by atoms with E-state index in [-0.39, 0.29) is 11.8 Å². The SMILES string of the molecule is CCC(CC)C(=O)Nc1ccc(C(=O)OC)cc1N. The number of esters is 1. The monoisotopic (exact) mass is 264 g/mol. The van der Waals surface area contributed by atoms with Gasteiger partial charge < -0.3 is 15.8 Å². The topological polar surface area (TPSA) is 81.4 Å². The largest absolute Gasteiger partial charge is 0.465 e. The van der Waals surface area contributed by atoms with E-state index in [0.717, 1.165) is 12.8 Å². The highest BCUT2D eigenvalue weighted by atomic mass is 16.5. The van der Waals surface area contributed by atoms with Gasteiger partial charge in [-0.25, -0.2) is 4.79 Å². The van der Waals surface area contributed by atoms with Gasteiger partial charge in [-0.1, -0.05) is 13.8 Å². The molecule has 1 aromatic rings. The molecule has 0 aliphatic heterocycles. The van der Waals surface area contributed by atoms with E-state index in [0.29, 0.717) is 16.9 Å². The fourth-order valence-electron chi connectivity index (χ4n) is 1.82. The lowest BCUT2D eigenvalue weighted by molar-refractivity contribution is -0.120. The molecule has 0 bridgehead atoms. The molecule has 0 radical (unpaired) electrons. The molecule has 0 saturated heterocycles. The number of amides is 1. The van der Waals surface area contributed by atoms with Crippen LogP contribution in [0.2, 0.25) is 0 Å². The number of nitrogens with two attached hydrogens (primary N) is 1. The molecule has 0 spiro atoms. The van der Waals surface area contributed by atoms with E-state index in [4.69, 9.17) is 5.73 Å². The molecule has 104 valence electrons. The molecule has 5 nitrogen and oxygen atoms in total. The predicted molar refractivity (Wildman–Crippen MR) is 74.9 cm³/mol. The van der Waals surface area contributed by atoms with Crippen molar-refractivity contribution in [3.8, 4) is 0 Å². The van der Waals surface area contributed by atoms with Gasteiger partial charge in [0.15, 0.2) is 0 Å². The normalized spacial score (nSPS) is 10.3. The van der Waals surface area contributed by atoms with Gasteiger partial charge in [0.2, 0.25) is 5.91 Å². The van der Waals surface area contributed by atoms with Crippen LogP contribution in [0.15, 0.2) is 18.2 Å². The van der Waals surface area contributed by atoms with Gasteiger partial charge in [-0.05, 0) is 31.0 Å². The first-order valence-electron chi connectivity index (χ1n) is 6.32. The first-order chi connectivity index (χ1) is 9.03. The fourth-order valence-corrected chi connectivity index (χ4v) is 1.82. The van der Waals surface area contributed by atoms with Crippen molar-refractivity contribution >= 4 is 23.3 Å². The van der Waals surface area contributed by atoms with E-state index in [2.05, 4.69) is 10.1 Å². The molecule has 0 aliphatic rings. The molecule has 5 heteroatoms. The maximum absolute atomic E-state index is 11.9. The van der Waals surface area contributed by atoms with Gasteiger partial charge in [-0.3, -0.25) is 4.79 Å². The summed E-state index contributed by atoms with van der Waals surface area (Å²) < 4.78 is 4.60. The highest BCUT2D eigenvalue weighted by molar-refractivity contribution is 5.97. The zero-order valence-electron chi connectivity index (χ0n) is 11.5. The van der Waals surface area contributed by atoms with Crippen molar-refractivity contribution in [3.63, 3.8) is 0 Å². The van der Waals surface area contributed by atoms with Gasteiger partial charge in [0.05, 0.1) is 24.0 Å². The Hall–Kier alpha value is -2.04. The summed E-state index contributed by atoms with van der Waals surface area (Å²) in [5.74, 6) is -0.535. The van der Waals surface area contributed by atoms with Crippen LogP contribution in [-0.4, -0.2) is 19.0 Å². The minimum absolute atomic E-state index is 0.0281. The van der Waals surface area contributed by atoms with Crippen molar-refractivity contribution in [1.29, 1.82) is 0 Å². The summed E-state index contributed by atoms with van der Waals surface area (Å²) in [6.07, 6.45) is 1.56. The Balaban J connectivity index is 2.86. The van der Waals surface area contributed by atoms with E-state index < -0.39 is 5.97 Å². The second-order valence-electron chi connectivity index (χ2n) is 4.30. The van der Waals surface area contributed by atoms with E-state index in [1.54, 1.807) is 12.1 Å². The van der Waals surface area contributed by atoms with Gasteiger partial charge in [0.1, 0.15) is 0 Å². The smallest absolute Gasteiger partial charge is 0.337 e. The lowest BCUT2D eigenvalue weighted by atomic mass is 10.0. The summed E-state index contributed by atoms with van der Waals surface area (Å²) in [7, 11) is 1.31. The Kier molecular flexibility index (Phi) is 5.36. The zero-order chi connectivity index (χ0) is 14.4. The predicted octanol–water partition coefficient (Wildman–Crippen LogP) is 2.43. The van der Waals surface area contributed by atoms with Crippen LogP contribution in [0.5, 0.6) is 0 Å². The summed E-state index contributed by atoms with van der Waals surface area (Å²) >= 11 is 0. The molecular formula is C14H20N2O3. The Morgan fingerprint density at radius 1 is 1.32 bits per heavy atom. The molecular weight excluding hydrogens is 244 g/mol. The van der Waals surface area contributed by atoms with Crippen molar-refractivity contribution in [2.24, 2.45) is 5.92 Å². The van der Waals surface area contributed by atoms with E-state index in [1.807, 2.05) is 13.8 Å². The first-order valence-corrected chi connectivity index (χ1v) is 6.32. The van der Waals surface area contributed by atoms with Crippen LogP contribution < -0.4 is 11.1 Å². The Bertz CT molecular complexity index is 468. The fraction of sp³-hybridized carbons (Fsp3) is 0.429. The quantitative estimate of drug-likeness (QED) is 0.632. The number of ether oxygens (including phenoxy) is 1. The number of nitrogens with one attached hydrogen (secondary N) is 1. The summed E-state index contributed by atoms with van der Waals surface area (Å²) in [6, 6.07) is 4.68. The van der Waals surface area contributed by atoms with Crippen LogP contribution in [-0.2, 0) is 9.53 Å². The summed E-state index contributed by atoms with van der Waals surface area (Å²) in [5, 5.41) is 2.78. The third-order valence-electron chi connectivity index (χ3n) is 3.09. The molecule has 0 heterocycles. The number of methoxy groups -OCH3 is 1. The van der Waals surface area contributed by atoms with Crippen LogP contribution in [0.25, 0.3) is 0 Å². The lowest BCUT2D eigenvalue weighted by Gasteiger charge is -2.14. The standard InChI is InChI=1S/C14H20N2O3/c1-4-9(5-2)13(17)16-12-7-6-10(8-11(12)15)14(18)19-3/h6-9H,4-5,15H2,1-3H3,(H,16,17). The Morgan fingerprint density at radius 2 is 1.95 bits per heavy atom. The van der Waals surface area contributed by atoms with Gasteiger partial charge in [0.25, 0.3) is 0 Å². The lowest BCUT2D eigenvalue weighted by Crippen LogP contribution is -2.22. The number of benzene rings is 1. The number of hydrogen-bond acceptors (Lipinski definition) is 4. The van der Waals surface area contributed by atoms with Gasteiger partial charge in [-0.2, -0.15) is 0 Å². The van der Waals surface area contributed by atoms with E-state index in [9.17, 15) is 9.59 Å². The Labute approximate surface area is 113 Å². The molecule has 19 heavy (non-hydrogen) atoms. The van der Waals surface area contributed by atoms with Crippen molar-refractivity contribution in [2.75, 3.05) is 18.2 Å². The molecule has 0 aliphatic carbocycles. The number of carbonyl (C=O) groups excluding carboxylic acids is 2. The molecule has 0 atom stereocenters. The third kappa shape index (κ3) is 3.71. The highest BCUT2D eigenvalue weighted by Crippen LogP contribution is 2.22. The van der Waals surface area contributed by atoms with Gasteiger partial charge >= 0.3 is 5.97 Å². The number of hydrogen-bond donors (Lipinski definition) is 2. The number of anilines is 2. The first kappa shape index (κ1) is 15.0. The van der Waals surface area contributed by atoms with Gasteiger partial charge in [-0.15, -0.1) is 0 Å². The Morgan fingerprint density at radius 3 is 2.42 bits per heavy atom. The molecule has 3 N–H and O–H groups in total. The molecule has 0 saturated carbocycles. The molecule has 1 amide bonds. The minimum Gasteiger partial charge on any atom is -0.465 e. The minimum atomic E-state index is -0.454. The van der Waals surface area contributed by atoms with Crippen LogP contribution in [0.4, 0.5) is 11.4 Å². The number of nitrogen functional groups attached to an aromatic ring is 1. The van der Waals surface area contributed by atoms with E-state index >= 15 is 0 Å².